The van der Waals surface area contributed by atoms with Crippen molar-refractivity contribution in [2.24, 2.45) is 7.05 Å². The summed E-state index contributed by atoms with van der Waals surface area (Å²) in [5.41, 5.74) is 0.474. The largest absolute Gasteiger partial charge is 0.357 e. The summed E-state index contributed by atoms with van der Waals surface area (Å²) in [7, 11) is 4.28. The lowest BCUT2D eigenvalue weighted by molar-refractivity contribution is 0.144. The molecule has 2 fully saturated rings. The summed E-state index contributed by atoms with van der Waals surface area (Å²) < 4.78 is 2.20. The maximum Gasteiger partial charge on any atom is 0.146 e. The van der Waals surface area contributed by atoms with Gasteiger partial charge in [0.05, 0.1) is 6.54 Å². The van der Waals surface area contributed by atoms with Gasteiger partial charge in [0.2, 0.25) is 0 Å². The molecule has 0 saturated carbocycles. The van der Waals surface area contributed by atoms with Gasteiger partial charge in [0, 0.05) is 52.2 Å². The van der Waals surface area contributed by atoms with Crippen molar-refractivity contribution in [1.82, 2.24) is 29.5 Å². The highest BCUT2D eigenvalue weighted by atomic mass is 15.3. The first-order chi connectivity index (χ1) is 13.6. The molecular weight excluding hydrogens is 352 g/mol. The number of nitriles is 1. The van der Waals surface area contributed by atoms with Crippen molar-refractivity contribution < 1.29 is 0 Å². The molecule has 2 aromatic rings. The first kappa shape index (κ1) is 18.8. The molecule has 0 aliphatic carbocycles. The molecule has 2 aliphatic heterocycles. The van der Waals surface area contributed by atoms with Gasteiger partial charge in [-0.1, -0.05) is 6.07 Å². The zero-order chi connectivity index (χ0) is 19.5. The van der Waals surface area contributed by atoms with E-state index >= 15 is 0 Å². The van der Waals surface area contributed by atoms with Crippen LogP contribution in [0, 0.1) is 11.3 Å². The first-order valence-electron chi connectivity index (χ1n) is 10.0. The topological polar surface area (TPSA) is 77.1 Å². The number of hydrogen-bond acceptors (Lipinski definition) is 7. The lowest BCUT2D eigenvalue weighted by atomic mass is 9.96. The maximum absolute atomic E-state index is 9.06. The molecule has 0 aromatic carbocycles. The van der Waals surface area contributed by atoms with Gasteiger partial charge in [-0.15, -0.1) is 10.2 Å². The summed E-state index contributed by atoms with van der Waals surface area (Å²) in [5.74, 6) is 3.48. The fourth-order valence-corrected chi connectivity index (χ4v) is 4.10. The van der Waals surface area contributed by atoms with Crippen molar-refractivity contribution in [1.29, 1.82) is 5.26 Å². The summed E-state index contributed by atoms with van der Waals surface area (Å²) in [4.78, 5) is 11.5. The highest BCUT2D eigenvalue weighted by Gasteiger charge is 2.26. The van der Waals surface area contributed by atoms with Gasteiger partial charge in [-0.3, -0.25) is 4.90 Å². The quantitative estimate of drug-likeness (QED) is 0.789. The second-order valence-electron chi connectivity index (χ2n) is 7.87. The standard InChI is InChI=1S/C20H28N8/c1-25-10-12-27(13-11-25)15-19-23-24-20(26(19)2)16-6-8-28(9-7-16)18-5-3-4-17(14-21)22-18/h3-5,16H,6-13,15H2,1-2H3. The molecule has 0 atom stereocenters. The number of likely N-dealkylation sites (N-methyl/N-ethyl adjacent to an activating group) is 1. The number of piperazine rings is 1. The van der Waals surface area contributed by atoms with Crippen LogP contribution in [0.1, 0.15) is 36.1 Å². The molecule has 0 N–H and O–H groups in total. The van der Waals surface area contributed by atoms with Crippen molar-refractivity contribution in [3.63, 3.8) is 0 Å². The molecule has 4 rings (SSSR count). The molecule has 2 aromatic heterocycles. The van der Waals surface area contributed by atoms with Crippen molar-refractivity contribution in [2.45, 2.75) is 25.3 Å². The molecule has 2 aliphatic rings. The molecule has 8 heteroatoms. The Morgan fingerprint density at radius 1 is 1.04 bits per heavy atom. The van der Waals surface area contributed by atoms with Crippen LogP contribution in [-0.2, 0) is 13.6 Å². The summed E-state index contributed by atoms with van der Waals surface area (Å²) in [5, 5.41) is 18.1. The normalized spacial score (nSPS) is 19.7. The van der Waals surface area contributed by atoms with E-state index in [4.69, 9.17) is 5.26 Å². The molecule has 148 valence electrons. The zero-order valence-corrected chi connectivity index (χ0v) is 16.8. The molecule has 0 spiro atoms. The summed E-state index contributed by atoms with van der Waals surface area (Å²) in [6.45, 7) is 7.13. The van der Waals surface area contributed by atoms with E-state index in [2.05, 4.69) is 54.6 Å². The molecule has 0 amide bonds. The fraction of sp³-hybridized carbons (Fsp3) is 0.600. The van der Waals surface area contributed by atoms with Gasteiger partial charge in [0.15, 0.2) is 0 Å². The Labute approximate surface area is 166 Å². The predicted octanol–water partition coefficient (Wildman–Crippen LogP) is 1.21. The molecule has 0 unspecified atom stereocenters. The summed E-state index contributed by atoms with van der Waals surface area (Å²) in [6.07, 6.45) is 2.05. The fourth-order valence-electron chi connectivity index (χ4n) is 4.10. The molecule has 2 saturated heterocycles. The molecular formula is C20H28N8. The average molecular weight is 381 g/mol. The van der Waals surface area contributed by atoms with E-state index in [1.165, 1.54) is 0 Å². The Kier molecular flexibility index (Phi) is 5.55. The van der Waals surface area contributed by atoms with Crippen LogP contribution >= 0.6 is 0 Å². The van der Waals surface area contributed by atoms with Gasteiger partial charge in [-0.05, 0) is 32.0 Å². The molecule has 0 bridgehead atoms. The van der Waals surface area contributed by atoms with E-state index in [9.17, 15) is 0 Å². The lowest BCUT2D eigenvalue weighted by Gasteiger charge is -2.33. The average Bonchev–Trinajstić information content (AvgIpc) is 3.10. The van der Waals surface area contributed by atoms with Crippen molar-refractivity contribution in [2.75, 3.05) is 51.2 Å². The highest BCUT2D eigenvalue weighted by molar-refractivity contribution is 5.42. The third-order valence-corrected chi connectivity index (χ3v) is 5.99. The number of aromatic nitrogens is 4. The zero-order valence-electron chi connectivity index (χ0n) is 16.8. The minimum absolute atomic E-state index is 0.425. The number of anilines is 1. The van der Waals surface area contributed by atoms with Crippen LogP contribution in [0.2, 0.25) is 0 Å². The maximum atomic E-state index is 9.06. The summed E-state index contributed by atoms with van der Waals surface area (Å²) in [6, 6.07) is 7.76. The van der Waals surface area contributed by atoms with Crippen LogP contribution < -0.4 is 4.90 Å². The van der Waals surface area contributed by atoms with E-state index in [0.717, 1.165) is 76.1 Å². The Morgan fingerprint density at radius 3 is 2.50 bits per heavy atom. The molecule has 4 heterocycles. The third kappa shape index (κ3) is 4.01. The number of rotatable bonds is 4. The van der Waals surface area contributed by atoms with Gasteiger partial charge < -0.3 is 14.4 Å². The van der Waals surface area contributed by atoms with Gasteiger partial charge in [-0.25, -0.2) is 4.98 Å². The third-order valence-electron chi connectivity index (χ3n) is 5.99. The van der Waals surface area contributed by atoms with Crippen molar-refractivity contribution in [3.05, 3.63) is 35.5 Å². The Morgan fingerprint density at radius 2 is 1.79 bits per heavy atom. The Balaban J connectivity index is 1.37. The summed E-state index contributed by atoms with van der Waals surface area (Å²) >= 11 is 0. The van der Waals surface area contributed by atoms with Crippen LogP contribution in [0.15, 0.2) is 18.2 Å². The smallest absolute Gasteiger partial charge is 0.146 e. The Hall–Kier alpha value is -2.50. The van der Waals surface area contributed by atoms with Gasteiger partial charge in [0.1, 0.15) is 29.2 Å². The second-order valence-corrected chi connectivity index (χ2v) is 7.87. The molecule has 8 nitrogen and oxygen atoms in total. The number of nitrogens with zero attached hydrogens (tertiary/aromatic N) is 8. The number of hydrogen-bond donors (Lipinski definition) is 0. The lowest BCUT2D eigenvalue weighted by Crippen LogP contribution is -2.44. The van der Waals surface area contributed by atoms with Gasteiger partial charge in [0.25, 0.3) is 0 Å². The van der Waals surface area contributed by atoms with Crippen LogP contribution in [0.3, 0.4) is 0 Å². The van der Waals surface area contributed by atoms with Gasteiger partial charge >= 0.3 is 0 Å². The second kappa shape index (κ2) is 8.25. The monoisotopic (exact) mass is 380 g/mol. The van der Waals surface area contributed by atoms with Gasteiger partial charge in [-0.2, -0.15) is 5.26 Å². The number of piperidine rings is 1. The van der Waals surface area contributed by atoms with Crippen LogP contribution in [0.4, 0.5) is 5.82 Å². The molecule has 0 radical (unpaired) electrons. The van der Waals surface area contributed by atoms with E-state index < -0.39 is 0 Å². The highest BCUT2D eigenvalue weighted by Crippen LogP contribution is 2.29. The van der Waals surface area contributed by atoms with E-state index in [0.29, 0.717) is 11.6 Å². The van der Waals surface area contributed by atoms with E-state index in [1.54, 1.807) is 6.07 Å². The predicted molar refractivity (Wildman–Crippen MR) is 107 cm³/mol. The minimum Gasteiger partial charge on any atom is -0.357 e. The van der Waals surface area contributed by atoms with Crippen molar-refractivity contribution >= 4 is 5.82 Å². The van der Waals surface area contributed by atoms with E-state index in [-0.39, 0.29) is 0 Å². The van der Waals surface area contributed by atoms with Crippen LogP contribution in [0.5, 0.6) is 0 Å². The first-order valence-corrected chi connectivity index (χ1v) is 10.0. The Bertz CT molecular complexity index is 838. The SMILES string of the molecule is CN1CCN(Cc2nnc(C3CCN(c4cccc(C#N)n4)CC3)n2C)CC1. The molecule has 28 heavy (non-hydrogen) atoms. The number of pyridine rings is 1. The van der Waals surface area contributed by atoms with Crippen LogP contribution in [0.25, 0.3) is 0 Å². The minimum atomic E-state index is 0.425. The van der Waals surface area contributed by atoms with Crippen molar-refractivity contribution in [3.8, 4) is 6.07 Å². The van der Waals surface area contributed by atoms with Crippen LogP contribution in [-0.4, -0.2) is 75.9 Å². The van der Waals surface area contributed by atoms with E-state index in [1.807, 2.05) is 12.1 Å².